The van der Waals surface area contributed by atoms with Crippen LogP contribution < -0.4 is 16.3 Å². The molecule has 1 atom stereocenters. The van der Waals surface area contributed by atoms with Gasteiger partial charge >= 0.3 is 6.09 Å². The van der Waals surface area contributed by atoms with E-state index in [1.54, 1.807) is 19.0 Å². The molecule has 2 rings (SSSR count). The second kappa shape index (κ2) is 11.0. The first-order chi connectivity index (χ1) is 13.8. The maximum Gasteiger partial charge on any atom is 0.410 e. The Morgan fingerprint density at radius 1 is 1.17 bits per heavy atom. The fourth-order valence-corrected chi connectivity index (χ4v) is 3.31. The summed E-state index contributed by atoms with van der Waals surface area (Å²) in [6.07, 6.45) is 6.74. The predicted octanol–water partition coefficient (Wildman–Crippen LogP) is 3.70. The summed E-state index contributed by atoms with van der Waals surface area (Å²) in [6.45, 7) is 3.99. The largest absolute Gasteiger partial charge is 0.490 e. The van der Waals surface area contributed by atoms with Gasteiger partial charge in [0.15, 0.2) is 0 Å². The Kier molecular flexibility index (Phi) is 8.64. The highest BCUT2D eigenvalue weighted by atomic mass is 16.6. The fourth-order valence-electron chi connectivity index (χ4n) is 3.31. The number of nitrogens with two attached hydrogens (primary N) is 2. The van der Waals surface area contributed by atoms with Crippen molar-refractivity contribution in [2.24, 2.45) is 11.6 Å². The maximum absolute atomic E-state index is 12.2. The molecule has 1 fully saturated rings. The summed E-state index contributed by atoms with van der Waals surface area (Å²) in [7, 11) is 3.40. The second-order valence-corrected chi connectivity index (χ2v) is 7.80. The molecular weight excluding hydrogens is 368 g/mol. The zero-order chi connectivity index (χ0) is 21.4. The number of rotatable bonds is 8. The molecule has 1 aliphatic carbocycles. The van der Waals surface area contributed by atoms with Crippen LogP contribution in [0.3, 0.4) is 0 Å². The lowest BCUT2D eigenvalue weighted by Gasteiger charge is -2.25. The van der Waals surface area contributed by atoms with Gasteiger partial charge in [0, 0.05) is 20.1 Å². The smallest absolute Gasteiger partial charge is 0.410 e. The van der Waals surface area contributed by atoms with E-state index in [0.29, 0.717) is 17.5 Å². The third kappa shape index (κ3) is 6.56. The molecule has 1 amide bonds. The number of hydrazine groups is 1. The quantitative estimate of drug-likeness (QED) is 0.507. The first kappa shape index (κ1) is 22.9. The lowest BCUT2D eigenvalue weighted by atomic mass is 9.98. The number of nitrogens with zero attached hydrogens (tertiary/aromatic N) is 2. The van der Waals surface area contributed by atoms with Gasteiger partial charge in [0.2, 0.25) is 0 Å². The monoisotopic (exact) mass is 404 g/mol. The SMILES string of the molecule is CCC(C)N(C)C(=O)OC/C(=C(/N)c1ccc(OC2CCCCC2)cc1)N(C)N. The molecule has 7 nitrogen and oxygen atoms in total. The maximum atomic E-state index is 12.2. The fraction of sp³-hybridized carbons (Fsp3) is 0.591. The summed E-state index contributed by atoms with van der Waals surface area (Å²) in [5.41, 5.74) is 8.15. The van der Waals surface area contributed by atoms with Crippen LogP contribution in [0.2, 0.25) is 0 Å². The van der Waals surface area contributed by atoms with Gasteiger partial charge in [-0.1, -0.05) is 13.3 Å². The molecule has 1 unspecified atom stereocenters. The number of benzene rings is 1. The van der Waals surface area contributed by atoms with E-state index in [0.717, 1.165) is 30.6 Å². The van der Waals surface area contributed by atoms with Crippen molar-refractivity contribution >= 4 is 11.8 Å². The third-order valence-electron chi connectivity index (χ3n) is 5.63. The Labute approximate surface area is 174 Å². The topological polar surface area (TPSA) is 94.0 Å². The molecule has 0 bridgehead atoms. The summed E-state index contributed by atoms with van der Waals surface area (Å²) in [4.78, 5) is 13.8. The van der Waals surface area contributed by atoms with Crippen molar-refractivity contribution in [1.29, 1.82) is 0 Å². The molecule has 0 aliphatic heterocycles. The van der Waals surface area contributed by atoms with E-state index in [1.165, 1.54) is 24.3 Å². The first-order valence-electron chi connectivity index (χ1n) is 10.5. The molecule has 162 valence electrons. The minimum absolute atomic E-state index is 0.00122. The predicted molar refractivity (Wildman–Crippen MR) is 116 cm³/mol. The van der Waals surface area contributed by atoms with Crippen molar-refractivity contribution in [2.45, 2.75) is 64.5 Å². The van der Waals surface area contributed by atoms with Crippen molar-refractivity contribution in [1.82, 2.24) is 9.91 Å². The van der Waals surface area contributed by atoms with Gasteiger partial charge in [-0.05, 0) is 68.9 Å². The molecule has 1 aliphatic rings. The molecule has 0 saturated heterocycles. The Morgan fingerprint density at radius 3 is 2.34 bits per heavy atom. The minimum Gasteiger partial charge on any atom is -0.490 e. The van der Waals surface area contributed by atoms with Gasteiger partial charge in [-0.2, -0.15) is 0 Å². The molecule has 0 aromatic heterocycles. The summed E-state index contributed by atoms with van der Waals surface area (Å²) >= 11 is 0. The first-order valence-corrected chi connectivity index (χ1v) is 10.5. The van der Waals surface area contributed by atoms with Crippen LogP contribution in [0.1, 0.15) is 57.9 Å². The summed E-state index contributed by atoms with van der Waals surface area (Å²) in [5.74, 6) is 6.79. The van der Waals surface area contributed by atoms with Crippen LogP contribution in [0.15, 0.2) is 30.0 Å². The number of carbonyl (C=O) groups is 1. The van der Waals surface area contributed by atoms with Gasteiger partial charge in [0.25, 0.3) is 0 Å². The van der Waals surface area contributed by atoms with Crippen molar-refractivity contribution in [3.8, 4) is 5.75 Å². The van der Waals surface area contributed by atoms with Crippen LogP contribution in [-0.4, -0.2) is 48.9 Å². The Morgan fingerprint density at radius 2 is 1.79 bits per heavy atom. The highest BCUT2D eigenvalue weighted by Crippen LogP contribution is 2.25. The lowest BCUT2D eigenvalue weighted by Crippen LogP contribution is -2.37. The van der Waals surface area contributed by atoms with Crippen LogP contribution in [-0.2, 0) is 4.74 Å². The molecule has 29 heavy (non-hydrogen) atoms. The number of hydrogen-bond acceptors (Lipinski definition) is 6. The van der Waals surface area contributed by atoms with Crippen LogP contribution in [0.4, 0.5) is 4.79 Å². The standard InChI is InChI=1S/C22H36N4O3/c1-5-16(2)25(3)22(27)28-15-20(26(4)24)21(23)17-11-13-19(14-12-17)29-18-9-7-6-8-10-18/h11-14,16,18H,5-10,15,23-24H2,1-4H3/b21-20-. The molecule has 0 radical (unpaired) electrons. The zero-order valence-corrected chi connectivity index (χ0v) is 18.2. The minimum atomic E-state index is -0.400. The van der Waals surface area contributed by atoms with Crippen molar-refractivity contribution in [3.05, 3.63) is 35.5 Å². The van der Waals surface area contributed by atoms with Crippen molar-refractivity contribution < 1.29 is 14.3 Å². The molecule has 1 aromatic carbocycles. The highest BCUT2D eigenvalue weighted by molar-refractivity contribution is 5.69. The summed E-state index contributed by atoms with van der Waals surface area (Å²) in [5, 5.41) is 1.39. The van der Waals surface area contributed by atoms with E-state index >= 15 is 0 Å². The van der Waals surface area contributed by atoms with Crippen molar-refractivity contribution in [3.63, 3.8) is 0 Å². The van der Waals surface area contributed by atoms with E-state index in [9.17, 15) is 4.79 Å². The van der Waals surface area contributed by atoms with Gasteiger partial charge in [0.05, 0.1) is 17.5 Å². The number of amides is 1. The Balaban J connectivity index is 2.05. The van der Waals surface area contributed by atoms with E-state index in [4.69, 9.17) is 21.1 Å². The van der Waals surface area contributed by atoms with E-state index in [2.05, 4.69) is 0 Å². The number of carbonyl (C=O) groups excluding carboxylic acids is 1. The average Bonchev–Trinajstić information content (AvgIpc) is 2.73. The van der Waals surface area contributed by atoms with E-state index in [1.807, 2.05) is 38.1 Å². The number of ether oxygens (including phenoxy) is 2. The molecule has 0 heterocycles. The summed E-state index contributed by atoms with van der Waals surface area (Å²) in [6, 6.07) is 7.76. The molecule has 4 N–H and O–H groups in total. The molecule has 1 saturated carbocycles. The summed E-state index contributed by atoms with van der Waals surface area (Å²) < 4.78 is 11.5. The average molecular weight is 405 g/mol. The third-order valence-corrected chi connectivity index (χ3v) is 5.63. The van der Waals surface area contributed by atoms with Crippen LogP contribution >= 0.6 is 0 Å². The van der Waals surface area contributed by atoms with E-state index < -0.39 is 6.09 Å². The second-order valence-electron chi connectivity index (χ2n) is 7.80. The van der Waals surface area contributed by atoms with Crippen LogP contribution in [0.25, 0.3) is 5.70 Å². The van der Waals surface area contributed by atoms with Gasteiger partial charge in [-0.3, -0.25) is 0 Å². The van der Waals surface area contributed by atoms with E-state index in [-0.39, 0.29) is 12.6 Å². The molecular formula is C22H36N4O3. The molecule has 7 heteroatoms. The van der Waals surface area contributed by atoms with Crippen LogP contribution in [0.5, 0.6) is 5.75 Å². The Hall–Kier alpha value is -2.41. The van der Waals surface area contributed by atoms with Gasteiger partial charge in [-0.25, -0.2) is 10.6 Å². The van der Waals surface area contributed by atoms with Crippen LogP contribution in [0, 0.1) is 0 Å². The number of likely N-dealkylation sites (N-methyl/N-ethyl adjacent to an activating group) is 1. The molecule has 0 spiro atoms. The zero-order valence-electron chi connectivity index (χ0n) is 18.2. The normalized spacial score (nSPS) is 16.6. The van der Waals surface area contributed by atoms with Gasteiger partial charge < -0.3 is 25.1 Å². The van der Waals surface area contributed by atoms with Gasteiger partial charge in [0.1, 0.15) is 12.4 Å². The number of hydrogen-bond donors (Lipinski definition) is 2. The Bertz CT molecular complexity index is 682. The molecule has 1 aromatic rings. The van der Waals surface area contributed by atoms with Gasteiger partial charge in [-0.15, -0.1) is 0 Å². The van der Waals surface area contributed by atoms with Crippen molar-refractivity contribution in [2.75, 3.05) is 20.7 Å². The highest BCUT2D eigenvalue weighted by Gasteiger charge is 2.18. The lowest BCUT2D eigenvalue weighted by molar-refractivity contribution is 0.101.